The van der Waals surface area contributed by atoms with E-state index in [2.05, 4.69) is 0 Å². The van der Waals surface area contributed by atoms with Crippen molar-refractivity contribution in [3.05, 3.63) is 23.8 Å². The predicted octanol–water partition coefficient (Wildman–Crippen LogP) is 3.66. The van der Waals surface area contributed by atoms with E-state index in [1.807, 2.05) is 32.0 Å². The number of carbonyl (C=O) groups is 1. The number of hydrogen-bond acceptors (Lipinski definition) is 4. The Kier molecular flexibility index (Phi) is 5.88. The van der Waals surface area contributed by atoms with E-state index in [4.69, 9.17) is 14.3 Å². The van der Waals surface area contributed by atoms with Crippen molar-refractivity contribution in [2.24, 2.45) is 0 Å². The number of ether oxygens (including phenoxy) is 2. The number of nitrogens with zero attached hydrogens (tertiary/aromatic N) is 1. The number of rotatable bonds is 7. The van der Waals surface area contributed by atoms with Crippen LogP contribution in [0.25, 0.3) is 0 Å². The van der Waals surface area contributed by atoms with E-state index >= 15 is 0 Å². The van der Waals surface area contributed by atoms with Crippen LogP contribution in [0.2, 0.25) is 0 Å². The number of hydroxylamine groups is 2. The van der Waals surface area contributed by atoms with Gasteiger partial charge in [0, 0.05) is 6.07 Å². The summed E-state index contributed by atoms with van der Waals surface area (Å²) in [4.78, 5) is 17.6. The highest BCUT2D eigenvalue weighted by molar-refractivity contribution is 5.46. The molecule has 0 bridgehead atoms. The number of carbonyl (C=O) groups excluding carboxylic acids is 1. The summed E-state index contributed by atoms with van der Waals surface area (Å²) in [6.07, 6.45) is 6.32. The molecule has 1 aromatic carbocycles. The fourth-order valence-electron chi connectivity index (χ4n) is 2.99. The molecule has 128 valence electrons. The average molecular weight is 321 g/mol. The van der Waals surface area contributed by atoms with Crippen LogP contribution in [0.4, 0.5) is 0 Å². The molecule has 1 aliphatic rings. The Balaban J connectivity index is 2.20. The topological polar surface area (TPSA) is 48.0 Å². The lowest BCUT2D eigenvalue weighted by molar-refractivity contribution is -0.244. The molecule has 0 aromatic heterocycles. The number of amides is 1. The van der Waals surface area contributed by atoms with E-state index in [1.54, 1.807) is 14.2 Å². The van der Waals surface area contributed by atoms with Gasteiger partial charge in [0.2, 0.25) is 6.41 Å². The van der Waals surface area contributed by atoms with Crippen LogP contribution in [0.15, 0.2) is 18.2 Å². The maximum absolute atomic E-state index is 11.5. The Morgan fingerprint density at radius 3 is 2.09 bits per heavy atom. The van der Waals surface area contributed by atoms with Gasteiger partial charge in [-0.2, -0.15) is 0 Å². The van der Waals surface area contributed by atoms with Crippen molar-refractivity contribution in [1.29, 1.82) is 0 Å². The molecule has 0 heterocycles. The zero-order chi connectivity index (χ0) is 16.9. The normalized spacial score (nSPS) is 16.0. The highest BCUT2D eigenvalue weighted by Gasteiger charge is 2.30. The van der Waals surface area contributed by atoms with Gasteiger partial charge >= 0.3 is 0 Å². The first-order valence-electron chi connectivity index (χ1n) is 8.16. The third kappa shape index (κ3) is 4.38. The van der Waals surface area contributed by atoms with E-state index < -0.39 is 5.60 Å². The van der Waals surface area contributed by atoms with Crippen LogP contribution in [0.3, 0.4) is 0 Å². The highest BCUT2D eigenvalue weighted by atomic mass is 16.7. The van der Waals surface area contributed by atoms with Crippen LogP contribution in [0.5, 0.6) is 11.5 Å². The smallest absolute Gasteiger partial charge is 0.233 e. The van der Waals surface area contributed by atoms with Crippen molar-refractivity contribution < 1.29 is 19.1 Å². The first-order chi connectivity index (χ1) is 11.0. The summed E-state index contributed by atoms with van der Waals surface area (Å²) in [5.41, 5.74) is 0.233. The van der Waals surface area contributed by atoms with Crippen molar-refractivity contribution in [3.8, 4) is 11.5 Å². The second-order valence-corrected chi connectivity index (χ2v) is 6.46. The van der Waals surface area contributed by atoms with Crippen molar-refractivity contribution in [1.82, 2.24) is 5.06 Å². The van der Waals surface area contributed by atoms with Crippen LogP contribution >= 0.6 is 0 Å². The molecule has 0 saturated heterocycles. The molecule has 0 atom stereocenters. The molecule has 23 heavy (non-hydrogen) atoms. The molecule has 5 heteroatoms. The molecule has 0 radical (unpaired) electrons. The Hall–Kier alpha value is -1.75. The third-order valence-corrected chi connectivity index (χ3v) is 4.42. The lowest BCUT2D eigenvalue weighted by atomic mass is 9.95. The lowest BCUT2D eigenvalue weighted by Crippen LogP contribution is -2.41. The van der Waals surface area contributed by atoms with Gasteiger partial charge in [0.15, 0.2) is 0 Å². The molecule has 2 rings (SSSR count). The quantitative estimate of drug-likeness (QED) is 0.568. The van der Waals surface area contributed by atoms with Crippen LogP contribution in [0.1, 0.15) is 51.5 Å². The van der Waals surface area contributed by atoms with Gasteiger partial charge in [-0.05, 0) is 44.4 Å². The fourth-order valence-corrected chi connectivity index (χ4v) is 2.99. The minimum atomic E-state index is -0.666. The molecule has 1 aromatic rings. The zero-order valence-corrected chi connectivity index (χ0v) is 14.5. The summed E-state index contributed by atoms with van der Waals surface area (Å²) in [7, 11) is 3.23. The van der Waals surface area contributed by atoms with Crippen molar-refractivity contribution in [3.63, 3.8) is 0 Å². The second-order valence-electron chi connectivity index (χ2n) is 6.46. The van der Waals surface area contributed by atoms with Gasteiger partial charge in [0.1, 0.15) is 17.1 Å². The number of methoxy groups -OCH3 is 2. The minimum Gasteiger partial charge on any atom is -0.497 e. The zero-order valence-electron chi connectivity index (χ0n) is 14.5. The molecule has 0 aliphatic heterocycles. The third-order valence-electron chi connectivity index (χ3n) is 4.42. The Labute approximate surface area is 138 Å². The molecule has 0 unspecified atom stereocenters. The van der Waals surface area contributed by atoms with E-state index in [1.165, 1.54) is 11.5 Å². The fraction of sp³-hybridized carbons (Fsp3) is 0.611. The van der Waals surface area contributed by atoms with Crippen molar-refractivity contribution >= 4 is 6.41 Å². The summed E-state index contributed by atoms with van der Waals surface area (Å²) in [5.74, 6) is 1.40. The van der Waals surface area contributed by atoms with Crippen LogP contribution in [-0.2, 0) is 15.2 Å². The molecule has 1 fully saturated rings. The maximum atomic E-state index is 11.5. The van der Waals surface area contributed by atoms with Crippen LogP contribution in [0, 0.1) is 0 Å². The van der Waals surface area contributed by atoms with E-state index in [0.717, 1.165) is 37.7 Å². The first-order valence-corrected chi connectivity index (χ1v) is 8.16. The maximum Gasteiger partial charge on any atom is 0.233 e. The average Bonchev–Trinajstić information content (AvgIpc) is 2.59. The Morgan fingerprint density at radius 1 is 1.04 bits per heavy atom. The monoisotopic (exact) mass is 321 g/mol. The minimum absolute atomic E-state index is 0.160. The van der Waals surface area contributed by atoms with Crippen LogP contribution in [-0.4, -0.2) is 31.7 Å². The number of benzene rings is 1. The molecule has 5 nitrogen and oxygen atoms in total. The predicted molar refractivity (Wildman–Crippen MR) is 88.4 cm³/mol. The van der Waals surface area contributed by atoms with Gasteiger partial charge in [-0.25, -0.2) is 5.06 Å². The highest BCUT2D eigenvalue weighted by Crippen LogP contribution is 2.34. The molecule has 1 saturated carbocycles. The SMILES string of the molecule is COc1cc(OC)cc(C(C)(C)ON(C=O)C2CCCCC2)c1. The number of hydrogen-bond donors (Lipinski definition) is 0. The summed E-state index contributed by atoms with van der Waals surface area (Å²) >= 11 is 0. The Morgan fingerprint density at radius 2 is 1.61 bits per heavy atom. The lowest BCUT2D eigenvalue weighted by Gasteiger charge is -2.36. The van der Waals surface area contributed by atoms with Crippen molar-refractivity contribution in [2.45, 2.75) is 57.6 Å². The molecule has 1 aliphatic carbocycles. The van der Waals surface area contributed by atoms with E-state index in [0.29, 0.717) is 11.5 Å². The molecular weight excluding hydrogens is 294 g/mol. The van der Waals surface area contributed by atoms with E-state index in [9.17, 15) is 4.79 Å². The van der Waals surface area contributed by atoms with Gasteiger partial charge < -0.3 is 9.47 Å². The summed E-state index contributed by atoms with van der Waals surface area (Å²) in [5, 5.41) is 1.49. The first kappa shape index (κ1) is 17.6. The van der Waals surface area contributed by atoms with Gasteiger partial charge in [-0.1, -0.05) is 19.3 Å². The van der Waals surface area contributed by atoms with Crippen LogP contribution < -0.4 is 9.47 Å². The second kappa shape index (κ2) is 7.68. The van der Waals surface area contributed by atoms with Gasteiger partial charge in [-0.3, -0.25) is 9.63 Å². The summed E-state index contributed by atoms with van der Waals surface area (Å²) < 4.78 is 10.6. The molecular formula is C18H27NO4. The van der Waals surface area contributed by atoms with E-state index in [-0.39, 0.29) is 6.04 Å². The van der Waals surface area contributed by atoms with Gasteiger partial charge in [0.05, 0.1) is 20.3 Å². The van der Waals surface area contributed by atoms with Gasteiger partial charge in [-0.15, -0.1) is 0 Å². The van der Waals surface area contributed by atoms with Gasteiger partial charge in [0.25, 0.3) is 0 Å². The largest absolute Gasteiger partial charge is 0.497 e. The summed E-state index contributed by atoms with van der Waals surface area (Å²) in [6, 6.07) is 5.80. The molecule has 0 spiro atoms. The Bertz CT molecular complexity index is 502. The summed E-state index contributed by atoms with van der Waals surface area (Å²) in [6.45, 7) is 3.89. The standard InChI is InChI=1S/C18H27NO4/c1-18(2,14-10-16(21-3)12-17(11-14)22-4)23-19(13-20)15-8-6-5-7-9-15/h10-13,15H,5-9H2,1-4H3. The van der Waals surface area contributed by atoms with Crippen molar-refractivity contribution in [2.75, 3.05) is 14.2 Å². The molecule has 0 N–H and O–H groups in total. The molecule has 1 amide bonds.